The second-order valence-corrected chi connectivity index (χ2v) is 8.99. The van der Waals surface area contributed by atoms with E-state index in [-0.39, 0.29) is 29.5 Å². The van der Waals surface area contributed by atoms with E-state index in [1.165, 1.54) is 23.4 Å². The largest absolute Gasteiger partial charge is 0.366 e. The molecule has 162 valence electrons. The number of benzene rings is 2. The summed E-state index contributed by atoms with van der Waals surface area (Å²) in [6.07, 6.45) is 2.78. The van der Waals surface area contributed by atoms with E-state index in [4.69, 9.17) is 0 Å². The Kier molecular flexibility index (Phi) is 5.33. The molecule has 0 spiro atoms. The highest BCUT2D eigenvalue weighted by molar-refractivity contribution is 6.13. The standard InChI is InChI=1S/C25H28FN3O2/c1-5-29-22-11-8-18(12-20(22)16(2)14-25(29,3)4)13-21-23(30)28(24(31)27-21)15-17-6-9-19(26)10-7-17/h6-13,16H,5,14-15H2,1-4H3,(H,27,31)/b21-13-. The van der Waals surface area contributed by atoms with Gasteiger partial charge in [-0.25, -0.2) is 9.18 Å². The molecule has 2 heterocycles. The maximum atomic E-state index is 13.1. The molecule has 0 saturated carbocycles. The predicted molar refractivity (Wildman–Crippen MR) is 120 cm³/mol. The molecule has 31 heavy (non-hydrogen) atoms. The summed E-state index contributed by atoms with van der Waals surface area (Å²) in [6, 6.07) is 11.5. The first-order valence-corrected chi connectivity index (χ1v) is 10.7. The van der Waals surface area contributed by atoms with E-state index in [0.717, 1.165) is 23.4 Å². The molecule has 1 unspecified atom stereocenters. The molecule has 3 amide bonds. The third-order valence-electron chi connectivity index (χ3n) is 6.25. The molecule has 1 N–H and O–H groups in total. The van der Waals surface area contributed by atoms with Crippen LogP contribution in [-0.2, 0) is 11.3 Å². The smallest absolute Gasteiger partial charge is 0.329 e. The van der Waals surface area contributed by atoms with Crippen molar-refractivity contribution < 1.29 is 14.0 Å². The molecular formula is C25H28FN3O2. The minimum absolute atomic E-state index is 0.0946. The van der Waals surface area contributed by atoms with Gasteiger partial charge in [-0.15, -0.1) is 0 Å². The predicted octanol–water partition coefficient (Wildman–Crippen LogP) is 5.03. The molecule has 1 saturated heterocycles. The van der Waals surface area contributed by atoms with E-state index in [9.17, 15) is 14.0 Å². The number of fused-ring (bicyclic) bond motifs is 1. The van der Waals surface area contributed by atoms with E-state index in [0.29, 0.717) is 11.5 Å². The minimum atomic E-state index is -0.467. The van der Waals surface area contributed by atoms with E-state index < -0.39 is 6.03 Å². The van der Waals surface area contributed by atoms with Crippen molar-refractivity contribution in [1.82, 2.24) is 10.2 Å². The number of halogens is 1. The van der Waals surface area contributed by atoms with Crippen molar-refractivity contribution in [2.75, 3.05) is 11.4 Å². The van der Waals surface area contributed by atoms with Gasteiger partial charge in [0.25, 0.3) is 5.91 Å². The van der Waals surface area contributed by atoms with Crippen LogP contribution in [0.5, 0.6) is 0 Å². The lowest BCUT2D eigenvalue weighted by molar-refractivity contribution is -0.123. The number of urea groups is 1. The van der Waals surface area contributed by atoms with Crippen molar-refractivity contribution in [3.8, 4) is 0 Å². The molecule has 0 aliphatic carbocycles. The zero-order chi connectivity index (χ0) is 22.3. The summed E-state index contributed by atoms with van der Waals surface area (Å²) in [5, 5.41) is 2.67. The molecular weight excluding hydrogens is 393 g/mol. The topological polar surface area (TPSA) is 52.7 Å². The van der Waals surface area contributed by atoms with Gasteiger partial charge in [0.15, 0.2) is 0 Å². The number of hydrogen-bond acceptors (Lipinski definition) is 3. The van der Waals surface area contributed by atoms with Gasteiger partial charge in [-0.3, -0.25) is 9.69 Å². The molecule has 6 heteroatoms. The van der Waals surface area contributed by atoms with Crippen LogP contribution >= 0.6 is 0 Å². The van der Waals surface area contributed by atoms with E-state index >= 15 is 0 Å². The number of amides is 3. The zero-order valence-electron chi connectivity index (χ0n) is 18.4. The Hall–Kier alpha value is -3.15. The number of carbonyl (C=O) groups is 2. The third kappa shape index (κ3) is 3.94. The first-order chi connectivity index (χ1) is 14.7. The highest BCUT2D eigenvalue weighted by atomic mass is 19.1. The van der Waals surface area contributed by atoms with Crippen LogP contribution in [0.3, 0.4) is 0 Å². The second-order valence-electron chi connectivity index (χ2n) is 8.99. The third-order valence-corrected chi connectivity index (χ3v) is 6.25. The SMILES string of the molecule is CCN1c2ccc(/C=C3\NC(=O)N(Cc4ccc(F)cc4)C3=O)cc2C(C)CC1(C)C. The first-order valence-electron chi connectivity index (χ1n) is 10.7. The van der Waals surface area contributed by atoms with Gasteiger partial charge >= 0.3 is 6.03 Å². The first kappa shape index (κ1) is 21.1. The lowest BCUT2D eigenvalue weighted by Crippen LogP contribution is -2.48. The van der Waals surface area contributed by atoms with Gasteiger partial charge in [-0.1, -0.05) is 25.1 Å². The molecule has 2 aromatic rings. The number of nitrogens with one attached hydrogen (secondary N) is 1. The molecule has 5 nitrogen and oxygen atoms in total. The van der Waals surface area contributed by atoms with Crippen LogP contribution in [0.25, 0.3) is 6.08 Å². The quantitative estimate of drug-likeness (QED) is 0.556. The fourth-order valence-electron chi connectivity index (χ4n) is 4.85. The summed E-state index contributed by atoms with van der Waals surface area (Å²) in [7, 11) is 0. The summed E-state index contributed by atoms with van der Waals surface area (Å²) in [5.74, 6) is -0.334. The van der Waals surface area contributed by atoms with Crippen molar-refractivity contribution in [3.05, 3.63) is 70.7 Å². The average molecular weight is 422 g/mol. The molecule has 2 aliphatic heterocycles. The summed E-state index contributed by atoms with van der Waals surface area (Å²) in [4.78, 5) is 28.8. The second kappa shape index (κ2) is 7.84. The maximum absolute atomic E-state index is 13.1. The van der Waals surface area contributed by atoms with E-state index in [2.05, 4.69) is 50.0 Å². The fraction of sp³-hybridized carbons (Fsp3) is 0.360. The van der Waals surface area contributed by atoms with Gasteiger partial charge < -0.3 is 10.2 Å². The van der Waals surface area contributed by atoms with E-state index in [1.54, 1.807) is 18.2 Å². The molecule has 2 aromatic carbocycles. The van der Waals surface area contributed by atoms with Crippen LogP contribution in [0.1, 0.15) is 56.7 Å². The Morgan fingerprint density at radius 1 is 1.16 bits per heavy atom. The van der Waals surface area contributed by atoms with Crippen molar-refractivity contribution in [2.45, 2.75) is 52.1 Å². The van der Waals surface area contributed by atoms with Crippen LogP contribution in [0.2, 0.25) is 0 Å². The average Bonchev–Trinajstić information content (AvgIpc) is 2.97. The Morgan fingerprint density at radius 3 is 2.55 bits per heavy atom. The summed E-state index contributed by atoms with van der Waals surface area (Å²) >= 11 is 0. The Bertz CT molecular complexity index is 1060. The minimum Gasteiger partial charge on any atom is -0.366 e. The maximum Gasteiger partial charge on any atom is 0.329 e. The Morgan fingerprint density at radius 2 is 1.87 bits per heavy atom. The molecule has 1 atom stereocenters. The van der Waals surface area contributed by atoms with Crippen molar-refractivity contribution >= 4 is 23.7 Å². The van der Waals surface area contributed by atoms with Crippen LogP contribution < -0.4 is 10.2 Å². The molecule has 0 aromatic heterocycles. The van der Waals surface area contributed by atoms with Gasteiger partial charge in [-0.2, -0.15) is 0 Å². The van der Waals surface area contributed by atoms with Gasteiger partial charge in [0.1, 0.15) is 11.5 Å². The zero-order valence-corrected chi connectivity index (χ0v) is 18.4. The molecule has 1 fully saturated rings. The lowest BCUT2D eigenvalue weighted by Gasteiger charge is -2.47. The monoisotopic (exact) mass is 421 g/mol. The summed E-state index contributed by atoms with van der Waals surface area (Å²) in [5.41, 5.74) is 4.41. The number of nitrogens with zero attached hydrogens (tertiary/aromatic N) is 2. The van der Waals surface area contributed by atoms with E-state index in [1.807, 2.05) is 6.07 Å². The van der Waals surface area contributed by atoms with Gasteiger partial charge in [0.2, 0.25) is 0 Å². The van der Waals surface area contributed by atoms with Crippen LogP contribution in [0.15, 0.2) is 48.2 Å². The van der Waals surface area contributed by atoms with Crippen LogP contribution in [-0.4, -0.2) is 28.9 Å². The molecule has 4 rings (SSSR count). The summed E-state index contributed by atoms with van der Waals surface area (Å²) in [6.45, 7) is 9.98. The van der Waals surface area contributed by atoms with Crippen LogP contribution in [0, 0.1) is 5.82 Å². The lowest BCUT2D eigenvalue weighted by atomic mass is 9.79. The highest BCUT2D eigenvalue weighted by Crippen LogP contribution is 2.43. The molecule has 0 radical (unpaired) electrons. The van der Waals surface area contributed by atoms with Crippen molar-refractivity contribution in [3.63, 3.8) is 0 Å². The molecule has 2 aliphatic rings. The highest BCUT2D eigenvalue weighted by Gasteiger charge is 2.36. The number of imide groups is 1. The number of hydrogen-bond donors (Lipinski definition) is 1. The normalized spacial score (nSPS) is 21.5. The Balaban J connectivity index is 1.59. The number of anilines is 1. The van der Waals surface area contributed by atoms with Crippen molar-refractivity contribution in [2.24, 2.45) is 0 Å². The number of rotatable bonds is 4. The van der Waals surface area contributed by atoms with Gasteiger partial charge in [0, 0.05) is 17.8 Å². The van der Waals surface area contributed by atoms with Gasteiger partial charge in [-0.05, 0) is 80.1 Å². The number of carbonyl (C=O) groups excluding carboxylic acids is 2. The molecule has 0 bridgehead atoms. The Labute approximate surface area is 182 Å². The fourth-order valence-corrected chi connectivity index (χ4v) is 4.85. The van der Waals surface area contributed by atoms with Crippen molar-refractivity contribution in [1.29, 1.82) is 0 Å². The van der Waals surface area contributed by atoms with Gasteiger partial charge in [0.05, 0.1) is 6.54 Å². The van der Waals surface area contributed by atoms with Crippen LogP contribution in [0.4, 0.5) is 14.9 Å². The summed E-state index contributed by atoms with van der Waals surface area (Å²) < 4.78 is 13.1.